The molecule has 1 aromatic rings. The van der Waals surface area contributed by atoms with E-state index < -0.39 is 0 Å². The summed E-state index contributed by atoms with van der Waals surface area (Å²) < 4.78 is 4.83. The molecule has 0 aliphatic heterocycles. The smallest absolute Gasteiger partial charge is 0.339 e. The molecule has 1 aromatic carbocycles. The van der Waals surface area contributed by atoms with Gasteiger partial charge in [-0.15, -0.1) is 11.8 Å². The summed E-state index contributed by atoms with van der Waals surface area (Å²) in [5.74, 6) is 0.455. The number of thioether (sulfide) groups is 1. The first-order valence-electron chi connectivity index (χ1n) is 6.75. The summed E-state index contributed by atoms with van der Waals surface area (Å²) in [6.07, 6.45) is 4.97. The van der Waals surface area contributed by atoms with E-state index in [-0.39, 0.29) is 5.97 Å². The zero-order valence-corrected chi connectivity index (χ0v) is 12.3. The van der Waals surface area contributed by atoms with Gasteiger partial charge >= 0.3 is 5.97 Å². The Labute approximate surface area is 118 Å². The van der Waals surface area contributed by atoms with Crippen molar-refractivity contribution in [3.63, 3.8) is 0 Å². The summed E-state index contributed by atoms with van der Waals surface area (Å²) in [6, 6.07) is 5.44. The van der Waals surface area contributed by atoms with E-state index in [0.29, 0.717) is 16.5 Å². The fourth-order valence-electron chi connectivity index (χ4n) is 2.61. The summed E-state index contributed by atoms with van der Waals surface area (Å²) in [7, 11) is 1.41. The molecule has 0 bridgehead atoms. The molecule has 2 N–H and O–H groups in total. The number of ether oxygens (including phenoxy) is 1. The number of carbonyl (C=O) groups excluding carboxylic acids is 1. The van der Waals surface area contributed by atoms with Gasteiger partial charge in [0.25, 0.3) is 0 Å². The number of rotatable bonds is 3. The van der Waals surface area contributed by atoms with Crippen LogP contribution in [-0.2, 0) is 4.74 Å². The Morgan fingerprint density at radius 2 is 2.21 bits per heavy atom. The highest BCUT2D eigenvalue weighted by Gasteiger charge is 2.23. The van der Waals surface area contributed by atoms with Gasteiger partial charge in [-0.1, -0.05) is 25.8 Å². The number of hydrogen-bond acceptors (Lipinski definition) is 4. The molecule has 3 nitrogen and oxygen atoms in total. The van der Waals surface area contributed by atoms with Gasteiger partial charge in [0.1, 0.15) is 0 Å². The van der Waals surface area contributed by atoms with Gasteiger partial charge in [-0.25, -0.2) is 4.79 Å². The molecule has 0 spiro atoms. The molecule has 1 aliphatic rings. The molecule has 2 unspecified atom stereocenters. The predicted molar refractivity (Wildman–Crippen MR) is 79.5 cm³/mol. The van der Waals surface area contributed by atoms with E-state index in [1.54, 1.807) is 23.9 Å². The van der Waals surface area contributed by atoms with E-state index in [9.17, 15) is 4.79 Å². The van der Waals surface area contributed by atoms with Gasteiger partial charge in [0.05, 0.1) is 12.7 Å². The quantitative estimate of drug-likeness (QED) is 0.676. The first-order chi connectivity index (χ1) is 9.11. The molecule has 2 rings (SSSR count). The van der Waals surface area contributed by atoms with Crippen LogP contribution in [0, 0.1) is 5.92 Å². The number of methoxy groups -OCH3 is 1. The molecular weight excluding hydrogens is 258 g/mol. The maximum Gasteiger partial charge on any atom is 0.339 e. The van der Waals surface area contributed by atoms with Crippen LogP contribution in [0.15, 0.2) is 23.1 Å². The van der Waals surface area contributed by atoms with E-state index >= 15 is 0 Å². The molecule has 1 fully saturated rings. The van der Waals surface area contributed by atoms with Crippen LogP contribution in [0.1, 0.15) is 43.0 Å². The van der Waals surface area contributed by atoms with E-state index in [2.05, 4.69) is 6.92 Å². The monoisotopic (exact) mass is 279 g/mol. The van der Waals surface area contributed by atoms with Crippen LogP contribution in [0.4, 0.5) is 5.69 Å². The first-order valence-corrected chi connectivity index (χ1v) is 7.63. The van der Waals surface area contributed by atoms with Gasteiger partial charge in [-0.05, 0) is 30.9 Å². The topological polar surface area (TPSA) is 52.3 Å². The third-order valence-corrected chi connectivity index (χ3v) is 5.08. The van der Waals surface area contributed by atoms with Crippen molar-refractivity contribution in [3.05, 3.63) is 23.8 Å². The van der Waals surface area contributed by atoms with Gasteiger partial charge in [0.15, 0.2) is 0 Å². The van der Waals surface area contributed by atoms with Gasteiger partial charge in [0.2, 0.25) is 0 Å². The van der Waals surface area contributed by atoms with Gasteiger partial charge in [0, 0.05) is 15.8 Å². The minimum absolute atomic E-state index is 0.307. The lowest BCUT2D eigenvalue weighted by Crippen LogP contribution is -2.16. The summed E-state index contributed by atoms with van der Waals surface area (Å²) in [5.41, 5.74) is 7.30. The zero-order valence-electron chi connectivity index (χ0n) is 11.5. The summed E-state index contributed by atoms with van der Waals surface area (Å²) >= 11 is 1.74. The lowest BCUT2D eigenvalue weighted by atomic mass is 9.91. The number of nitrogen functional groups attached to an aromatic ring is 1. The van der Waals surface area contributed by atoms with E-state index in [4.69, 9.17) is 10.5 Å². The van der Waals surface area contributed by atoms with Crippen molar-refractivity contribution in [2.75, 3.05) is 12.8 Å². The lowest BCUT2D eigenvalue weighted by Gasteiger charge is -2.27. The third-order valence-electron chi connectivity index (χ3n) is 3.62. The van der Waals surface area contributed by atoms with Gasteiger partial charge in [-0.2, -0.15) is 0 Å². The van der Waals surface area contributed by atoms with Crippen LogP contribution in [0.25, 0.3) is 0 Å². The predicted octanol–water partition coefficient (Wildman–Crippen LogP) is 3.73. The van der Waals surface area contributed by atoms with Crippen molar-refractivity contribution in [3.8, 4) is 0 Å². The van der Waals surface area contributed by atoms with Gasteiger partial charge < -0.3 is 10.5 Å². The molecule has 0 radical (unpaired) electrons. The average Bonchev–Trinajstić information content (AvgIpc) is 2.40. The highest BCUT2D eigenvalue weighted by molar-refractivity contribution is 8.00. The Kier molecular flexibility index (Phi) is 4.75. The Morgan fingerprint density at radius 1 is 1.42 bits per heavy atom. The fourth-order valence-corrected chi connectivity index (χ4v) is 4.13. The second kappa shape index (κ2) is 6.33. The van der Waals surface area contributed by atoms with E-state index in [1.807, 2.05) is 6.07 Å². The number of hydrogen-bond donors (Lipinski definition) is 1. The van der Waals surface area contributed by atoms with E-state index in [1.165, 1.54) is 32.8 Å². The Morgan fingerprint density at radius 3 is 2.89 bits per heavy atom. The fraction of sp³-hybridized carbons (Fsp3) is 0.533. The minimum atomic E-state index is -0.307. The standard InChI is InChI=1S/C15H21NO2S/c1-10-5-3-6-11(9-10)19-14-12(15(17)18-2)7-4-8-13(14)16/h4,7-8,10-11H,3,5-6,9,16H2,1-2H3. The van der Waals surface area contributed by atoms with Gasteiger partial charge in [-0.3, -0.25) is 0 Å². The number of benzene rings is 1. The summed E-state index contributed by atoms with van der Waals surface area (Å²) in [6.45, 7) is 2.29. The molecule has 1 saturated carbocycles. The van der Waals surface area contributed by atoms with E-state index in [0.717, 1.165) is 10.8 Å². The molecule has 0 saturated heterocycles. The molecule has 4 heteroatoms. The number of esters is 1. The molecule has 104 valence electrons. The number of carbonyl (C=O) groups is 1. The van der Waals surface area contributed by atoms with Crippen LogP contribution >= 0.6 is 11.8 Å². The lowest BCUT2D eigenvalue weighted by molar-refractivity contribution is 0.0597. The van der Waals surface area contributed by atoms with Crippen LogP contribution in [0.2, 0.25) is 0 Å². The maximum absolute atomic E-state index is 11.8. The summed E-state index contributed by atoms with van der Waals surface area (Å²) in [4.78, 5) is 12.7. The second-order valence-electron chi connectivity index (χ2n) is 5.23. The third kappa shape index (κ3) is 3.44. The molecule has 0 amide bonds. The second-order valence-corrected chi connectivity index (χ2v) is 6.54. The normalized spacial score (nSPS) is 23.1. The van der Waals surface area contributed by atoms with Crippen molar-refractivity contribution in [1.29, 1.82) is 0 Å². The SMILES string of the molecule is COC(=O)c1cccc(N)c1SC1CCCC(C)C1. The van der Waals surface area contributed by atoms with Crippen molar-refractivity contribution < 1.29 is 9.53 Å². The minimum Gasteiger partial charge on any atom is -0.465 e. The van der Waals surface area contributed by atoms with Crippen molar-refractivity contribution in [2.45, 2.75) is 42.8 Å². The molecular formula is C15H21NO2S. The zero-order chi connectivity index (χ0) is 13.8. The Balaban J connectivity index is 2.21. The molecule has 19 heavy (non-hydrogen) atoms. The van der Waals surface area contributed by atoms with Crippen molar-refractivity contribution in [1.82, 2.24) is 0 Å². The van der Waals surface area contributed by atoms with Crippen LogP contribution in [-0.4, -0.2) is 18.3 Å². The Hall–Kier alpha value is -1.16. The average molecular weight is 279 g/mol. The van der Waals surface area contributed by atoms with Crippen LogP contribution in [0.3, 0.4) is 0 Å². The first kappa shape index (κ1) is 14.3. The maximum atomic E-state index is 11.8. The van der Waals surface area contributed by atoms with Crippen LogP contribution in [0.5, 0.6) is 0 Å². The summed E-state index contributed by atoms with van der Waals surface area (Å²) in [5, 5.41) is 0.553. The molecule has 0 heterocycles. The molecule has 1 aliphatic carbocycles. The largest absolute Gasteiger partial charge is 0.465 e. The Bertz CT molecular complexity index is 461. The van der Waals surface area contributed by atoms with Crippen molar-refractivity contribution in [2.24, 2.45) is 5.92 Å². The highest BCUT2D eigenvalue weighted by atomic mass is 32.2. The van der Waals surface area contributed by atoms with Crippen LogP contribution < -0.4 is 5.73 Å². The highest BCUT2D eigenvalue weighted by Crippen LogP contribution is 2.40. The van der Waals surface area contributed by atoms with Crippen molar-refractivity contribution >= 4 is 23.4 Å². The molecule has 2 atom stereocenters. The number of nitrogens with two attached hydrogens (primary N) is 1. The number of anilines is 1. The molecule has 0 aromatic heterocycles.